The lowest BCUT2D eigenvalue weighted by molar-refractivity contribution is -0.361. The van der Waals surface area contributed by atoms with Crippen LogP contribution in [0.1, 0.15) is 98.8 Å². The first-order valence-electron chi connectivity index (χ1n) is 23.5. The second-order valence-corrected chi connectivity index (χ2v) is 21.0. The Morgan fingerprint density at radius 1 is 0.667 bits per heavy atom. The maximum atomic E-state index is 13.8. The van der Waals surface area contributed by atoms with E-state index >= 15 is 0 Å². The molecule has 0 aromatic carbocycles. The average molecular weight is 905 g/mol. The Balaban J connectivity index is 0.910. The van der Waals surface area contributed by atoms with Crippen molar-refractivity contribution >= 4 is 5.78 Å². The van der Waals surface area contributed by atoms with Gasteiger partial charge in [-0.1, -0.05) is 27.7 Å². The third-order valence-corrected chi connectivity index (χ3v) is 17.3. The van der Waals surface area contributed by atoms with Crippen molar-refractivity contribution in [2.75, 3.05) is 19.8 Å². The van der Waals surface area contributed by atoms with Gasteiger partial charge in [0.05, 0.1) is 38.1 Å². The van der Waals surface area contributed by atoms with E-state index in [-0.39, 0.29) is 53.0 Å². The largest absolute Gasteiger partial charge is 0.394 e. The van der Waals surface area contributed by atoms with Crippen LogP contribution in [0.5, 0.6) is 0 Å². The minimum absolute atomic E-state index is 0.0244. The molecule has 3 heterocycles. The Morgan fingerprint density at radius 2 is 1.29 bits per heavy atom. The first-order chi connectivity index (χ1) is 29.7. The van der Waals surface area contributed by atoms with E-state index < -0.39 is 111 Å². The van der Waals surface area contributed by atoms with Gasteiger partial charge in [0.25, 0.3) is 0 Å². The highest BCUT2D eigenvalue weighted by molar-refractivity contribution is 5.81. The topological polar surface area (TPSA) is 295 Å². The molecule has 11 N–H and O–H groups in total. The van der Waals surface area contributed by atoms with E-state index in [1.807, 2.05) is 13.8 Å². The molecule has 0 radical (unpaired) electrons. The van der Waals surface area contributed by atoms with E-state index in [2.05, 4.69) is 13.8 Å². The zero-order valence-electron chi connectivity index (χ0n) is 37.3. The first-order valence-corrected chi connectivity index (χ1v) is 23.5. The van der Waals surface area contributed by atoms with E-state index in [1.54, 1.807) is 0 Å². The number of hydrogen-bond donors (Lipinski definition) is 11. The molecule has 0 unspecified atom stereocenters. The molecule has 18 heteroatoms. The lowest BCUT2D eigenvalue weighted by Gasteiger charge is -2.61. The fourth-order valence-electron chi connectivity index (χ4n) is 13.5. The number of carbonyl (C=O) groups is 1. The first kappa shape index (κ1) is 49.9. The summed E-state index contributed by atoms with van der Waals surface area (Å²) in [5.41, 5.74) is -0.172. The zero-order valence-corrected chi connectivity index (χ0v) is 37.3. The summed E-state index contributed by atoms with van der Waals surface area (Å²) in [6.45, 7) is 9.03. The van der Waals surface area contributed by atoms with Crippen LogP contribution in [0, 0.1) is 52.3 Å². The number of hydrogen-bond acceptors (Lipinski definition) is 18. The highest BCUT2D eigenvalue weighted by atomic mass is 16.7. The summed E-state index contributed by atoms with van der Waals surface area (Å²) >= 11 is 0. The molecule has 3 saturated heterocycles. The molecule has 18 nitrogen and oxygen atoms in total. The van der Waals surface area contributed by atoms with Crippen molar-refractivity contribution in [1.29, 1.82) is 0 Å². The van der Waals surface area contributed by atoms with Crippen LogP contribution in [-0.2, 0) is 33.2 Å². The molecule has 26 atom stereocenters. The van der Waals surface area contributed by atoms with Crippen LogP contribution in [0.2, 0.25) is 0 Å². The molecule has 0 spiro atoms. The molecule has 7 aliphatic rings. The van der Waals surface area contributed by atoms with Crippen LogP contribution in [-0.4, -0.2) is 186 Å². The van der Waals surface area contributed by atoms with Gasteiger partial charge in [-0.05, 0) is 111 Å². The summed E-state index contributed by atoms with van der Waals surface area (Å²) in [5, 5.41) is 115. The summed E-state index contributed by atoms with van der Waals surface area (Å²) in [4.78, 5) is 13.8. The number of carbonyl (C=O) groups excluding carboxylic acids is 1. The standard InChI is InChI=1S/C45H76O18/c1-19(18-58-41-37(55)35(53)33(51)29(16-46)61-41)6-9-27(48)20(2)31-28(49)15-26-24-8-7-22-14-23(10-12-44(22,4)25(24)11-13-45(26,31)5)60-43-39(57)36(54)40(30(17-47)62-43)63-42-38(56)34(52)32(50)21(3)59-42/h19-26,28-43,46-47,49-57H,6-18H2,1-5H3/t19-,20-,21+,22+,23+,24-,25+,26+,28-,29-,30-,31+,32+,33-,34-,35+,36-,37-,38-,39-,40-,41-,42+,43-,44+,45+/m1/s1. The van der Waals surface area contributed by atoms with E-state index in [9.17, 15) is 61.0 Å². The predicted octanol–water partition coefficient (Wildman–Crippen LogP) is -0.909. The Kier molecular flexibility index (Phi) is 15.8. The summed E-state index contributed by atoms with van der Waals surface area (Å²) in [6, 6.07) is 0. The molecule has 63 heavy (non-hydrogen) atoms. The fraction of sp³-hybridized carbons (Fsp3) is 0.978. The van der Waals surface area contributed by atoms with Crippen molar-refractivity contribution in [3.8, 4) is 0 Å². The maximum absolute atomic E-state index is 13.8. The smallest absolute Gasteiger partial charge is 0.187 e. The predicted molar refractivity (Wildman–Crippen MR) is 219 cm³/mol. The van der Waals surface area contributed by atoms with Gasteiger partial charge in [-0.2, -0.15) is 0 Å². The molecule has 7 rings (SSSR count). The van der Waals surface area contributed by atoms with E-state index in [0.717, 1.165) is 38.5 Å². The highest BCUT2D eigenvalue weighted by Crippen LogP contribution is 2.68. The monoisotopic (exact) mass is 905 g/mol. The fourth-order valence-corrected chi connectivity index (χ4v) is 13.5. The van der Waals surface area contributed by atoms with Gasteiger partial charge in [0.1, 0.15) is 72.9 Å². The highest BCUT2D eigenvalue weighted by Gasteiger charge is 2.64. The molecule has 364 valence electrons. The second-order valence-electron chi connectivity index (χ2n) is 21.0. The van der Waals surface area contributed by atoms with Gasteiger partial charge in [0.15, 0.2) is 18.9 Å². The summed E-state index contributed by atoms with van der Waals surface area (Å²) in [5.74, 6) is 0.945. The van der Waals surface area contributed by atoms with Crippen molar-refractivity contribution in [3.63, 3.8) is 0 Å². The molecule has 0 amide bonds. The molecular formula is C45H76O18. The van der Waals surface area contributed by atoms with Crippen molar-refractivity contribution in [3.05, 3.63) is 0 Å². The quantitative estimate of drug-likeness (QED) is 0.0941. The minimum Gasteiger partial charge on any atom is -0.394 e. The Hall–Kier alpha value is -1.01. The van der Waals surface area contributed by atoms with Crippen LogP contribution in [0.15, 0.2) is 0 Å². The van der Waals surface area contributed by atoms with Crippen molar-refractivity contribution in [2.24, 2.45) is 52.3 Å². The Labute approximate surface area is 369 Å². The van der Waals surface area contributed by atoms with Gasteiger partial charge < -0.3 is 84.6 Å². The van der Waals surface area contributed by atoms with Crippen molar-refractivity contribution in [2.45, 2.75) is 203 Å². The number of aliphatic hydroxyl groups excluding tert-OH is 11. The number of ether oxygens (including phenoxy) is 6. The van der Waals surface area contributed by atoms with Crippen molar-refractivity contribution < 1.29 is 89.4 Å². The van der Waals surface area contributed by atoms with E-state index in [1.165, 1.54) is 6.92 Å². The molecule has 0 bridgehead atoms. The van der Waals surface area contributed by atoms with E-state index in [0.29, 0.717) is 43.4 Å². The van der Waals surface area contributed by atoms with Gasteiger partial charge in [-0.25, -0.2) is 0 Å². The molecule has 4 saturated carbocycles. The summed E-state index contributed by atoms with van der Waals surface area (Å²) in [7, 11) is 0. The van der Waals surface area contributed by atoms with Gasteiger partial charge in [0, 0.05) is 12.3 Å². The summed E-state index contributed by atoms with van der Waals surface area (Å²) < 4.78 is 34.8. The van der Waals surface area contributed by atoms with Crippen molar-refractivity contribution in [1.82, 2.24) is 0 Å². The third kappa shape index (κ3) is 9.43. The van der Waals surface area contributed by atoms with Crippen LogP contribution in [0.25, 0.3) is 0 Å². The van der Waals surface area contributed by atoms with Gasteiger partial charge in [-0.15, -0.1) is 0 Å². The SMILES string of the molecule is C[C@H](CCC(=O)[C@@H](C)[C@H]1[C@H](O)C[C@H]2[C@@H]3CC[C@H]4C[C@@H](O[C@@H]5O[C@H](CO)[C@@H](O[C@@H]6O[C@@H](C)[C@H](O)[C@@H](O)[C@H]6O)[C@H](O)[C@H]5O)CC[C@]4(C)[C@H]3CC[C@]12C)CO[C@@H]1O[C@H](CO)[C@@H](O)[C@H](O)[C@H]1O. The van der Waals surface area contributed by atoms with Gasteiger partial charge in [0.2, 0.25) is 0 Å². The number of rotatable bonds is 14. The van der Waals surface area contributed by atoms with E-state index in [4.69, 9.17) is 28.4 Å². The Morgan fingerprint density at radius 3 is 1.98 bits per heavy atom. The molecule has 4 aliphatic carbocycles. The van der Waals surface area contributed by atoms with Gasteiger partial charge >= 0.3 is 0 Å². The average Bonchev–Trinajstić information content (AvgIpc) is 3.54. The maximum Gasteiger partial charge on any atom is 0.187 e. The minimum atomic E-state index is -1.65. The van der Waals surface area contributed by atoms with Crippen LogP contribution in [0.4, 0.5) is 0 Å². The number of aliphatic hydroxyl groups is 11. The molecule has 3 aliphatic heterocycles. The molecule has 7 fully saturated rings. The summed E-state index contributed by atoms with van der Waals surface area (Å²) in [6.07, 6.45) is -13.8. The Bertz CT molecular complexity index is 1520. The zero-order chi connectivity index (χ0) is 45.9. The third-order valence-electron chi connectivity index (χ3n) is 17.3. The van der Waals surface area contributed by atoms with Gasteiger partial charge in [-0.3, -0.25) is 4.79 Å². The number of ketones is 1. The number of Topliss-reactive ketones (excluding diaryl/α,β-unsaturated/α-hetero) is 1. The number of fused-ring (bicyclic) bond motifs is 5. The molecule has 0 aromatic heterocycles. The van der Waals surface area contributed by atoms with Crippen LogP contribution < -0.4 is 0 Å². The molecule has 0 aromatic rings. The molecular weight excluding hydrogens is 828 g/mol. The van der Waals surface area contributed by atoms with Crippen LogP contribution >= 0.6 is 0 Å². The second kappa shape index (κ2) is 19.9. The normalized spacial score (nSPS) is 52.3. The van der Waals surface area contributed by atoms with Crippen LogP contribution in [0.3, 0.4) is 0 Å². The lowest BCUT2D eigenvalue weighted by atomic mass is 9.44. The lowest BCUT2D eigenvalue weighted by Crippen LogP contribution is -2.64.